The van der Waals surface area contributed by atoms with Crippen molar-refractivity contribution >= 4 is 33.0 Å². The van der Waals surface area contributed by atoms with Crippen molar-refractivity contribution in [1.29, 1.82) is 0 Å². The molecule has 28 heavy (non-hydrogen) atoms. The molecule has 0 spiro atoms. The summed E-state index contributed by atoms with van der Waals surface area (Å²) in [6, 6.07) is 8.29. The zero-order chi connectivity index (χ0) is 20.5. The van der Waals surface area contributed by atoms with Gasteiger partial charge in [-0.1, -0.05) is 19.9 Å². The van der Waals surface area contributed by atoms with Crippen molar-refractivity contribution in [3.63, 3.8) is 0 Å². The zero-order valence-corrected chi connectivity index (χ0v) is 16.9. The van der Waals surface area contributed by atoms with Gasteiger partial charge in [0.25, 0.3) is 5.91 Å². The predicted octanol–water partition coefficient (Wildman–Crippen LogP) is 2.58. The second-order valence-corrected chi connectivity index (χ2v) is 9.56. The fourth-order valence-corrected chi connectivity index (χ4v) is 4.98. The molecule has 2 amide bonds. The maximum atomic E-state index is 12.7. The minimum Gasteiger partial charge on any atom is -0.326 e. The Hall–Kier alpha value is -2.68. The number of sulfone groups is 1. The Morgan fingerprint density at radius 2 is 1.86 bits per heavy atom. The van der Waals surface area contributed by atoms with E-state index in [4.69, 9.17) is 0 Å². The first kappa shape index (κ1) is 20.1. The van der Waals surface area contributed by atoms with Gasteiger partial charge in [-0.25, -0.2) is 8.42 Å². The van der Waals surface area contributed by atoms with Crippen LogP contribution in [0.5, 0.6) is 0 Å². The van der Waals surface area contributed by atoms with E-state index in [9.17, 15) is 18.0 Å². The number of aromatic nitrogens is 2. The molecule has 0 unspecified atom stereocenters. The predicted molar refractivity (Wildman–Crippen MR) is 107 cm³/mol. The van der Waals surface area contributed by atoms with E-state index in [2.05, 4.69) is 15.7 Å². The number of carbonyl (C=O) groups is 2. The topological polar surface area (TPSA) is 110 Å². The van der Waals surface area contributed by atoms with E-state index in [0.717, 1.165) is 5.69 Å². The van der Waals surface area contributed by atoms with Gasteiger partial charge < -0.3 is 10.6 Å². The van der Waals surface area contributed by atoms with Crippen LogP contribution in [0.1, 0.15) is 55.3 Å². The smallest absolute Gasteiger partial charge is 0.276 e. The van der Waals surface area contributed by atoms with Crippen molar-refractivity contribution in [2.75, 3.05) is 22.1 Å². The SMILES string of the molecule is CC(=O)Nc1cccc(NC(=O)c2cc(C(C)C)n([C@@H]3CCS(=O)(=O)C3)n2)c1. The van der Waals surface area contributed by atoms with Crippen LogP contribution < -0.4 is 10.6 Å². The molecule has 0 aliphatic carbocycles. The average molecular weight is 404 g/mol. The molecule has 2 N–H and O–H groups in total. The number of hydrogen-bond acceptors (Lipinski definition) is 5. The van der Waals surface area contributed by atoms with Crippen LogP contribution in [0.2, 0.25) is 0 Å². The van der Waals surface area contributed by atoms with Gasteiger partial charge in [-0.15, -0.1) is 0 Å². The minimum absolute atomic E-state index is 0.0498. The first-order valence-corrected chi connectivity index (χ1v) is 11.0. The number of anilines is 2. The normalized spacial score (nSPS) is 18.2. The van der Waals surface area contributed by atoms with Crippen LogP contribution in [-0.4, -0.2) is 41.5 Å². The monoisotopic (exact) mass is 404 g/mol. The molecule has 3 rings (SSSR count). The Morgan fingerprint density at radius 3 is 2.43 bits per heavy atom. The van der Waals surface area contributed by atoms with Crippen molar-refractivity contribution in [2.24, 2.45) is 0 Å². The molecule has 1 atom stereocenters. The zero-order valence-electron chi connectivity index (χ0n) is 16.1. The molecule has 1 aliphatic heterocycles. The summed E-state index contributed by atoms with van der Waals surface area (Å²) in [5.41, 5.74) is 2.17. The van der Waals surface area contributed by atoms with Gasteiger partial charge in [-0.2, -0.15) is 5.10 Å². The van der Waals surface area contributed by atoms with Crippen molar-refractivity contribution in [1.82, 2.24) is 9.78 Å². The standard InChI is InChI=1S/C19H24N4O4S/c1-12(2)18-10-17(22-23(18)16-7-8-28(26,27)11-16)19(25)21-15-6-4-5-14(9-15)20-13(3)24/h4-6,9-10,12,16H,7-8,11H2,1-3H3,(H,20,24)(H,21,25)/t16-/m1/s1. The molecule has 1 saturated heterocycles. The highest BCUT2D eigenvalue weighted by Gasteiger charge is 2.32. The number of hydrogen-bond donors (Lipinski definition) is 2. The Kier molecular flexibility index (Phi) is 5.55. The molecule has 1 fully saturated rings. The molecule has 1 aromatic heterocycles. The number of rotatable bonds is 5. The highest BCUT2D eigenvalue weighted by molar-refractivity contribution is 7.91. The largest absolute Gasteiger partial charge is 0.326 e. The Morgan fingerprint density at radius 1 is 1.18 bits per heavy atom. The summed E-state index contributed by atoms with van der Waals surface area (Å²) in [4.78, 5) is 23.9. The van der Waals surface area contributed by atoms with Crippen LogP contribution in [0.4, 0.5) is 11.4 Å². The summed E-state index contributed by atoms with van der Waals surface area (Å²) in [5.74, 6) is -0.293. The quantitative estimate of drug-likeness (QED) is 0.796. The summed E-state index contributed by atoms with van der Waals surface area (Å²) in [7, 11) is -3.06. The van der Waals surface area contributed by atoms with Gasteiger partial charge in [0.15, 0.2) is 15.5 Å². The van der Waals surface area contributed by atoms with Gasteiger partial charge in [-0.3, -0.25) is 14.3 Å². The number of nitrogens with zero attached hydrogens (tertiary/aromatic N) is 2. The van der Waals surface area contributed by atoms with Gasteiger partial charge in [0.1, 0.15) is 0 Å². The van der Waals surface area contributed by atoms with Gasteiger partial charge in [0.2, 0.25) is 5.91 Å². The third-order valence-electron chi connectivity index (χ3n) is 4.58. The molecular formula is C19H24N4O4S. The van der Waals surface area contributed by atoms with Crippen LogP contribution in [0, 0.1) is 0 Å². The third kappa shape index (κ3) is 4.59. The van der Waals surface area contributed by atoms with E-state index in [1.165, 1.54) is 6.92 Å². The Balaban J connectivity index is 1.83. The summed E-state index contributed by atoms with van der Waals surface area (Å²) < 4.78 is 25.4. The Labute approximate surface area is 164 Å². The molecule has 0 radical (unpaired) electrons. The maximum Gasteiger partial charge on any atom is 0.276 e. The fourth-order valence-electron chi connectivity index (χ4n) is 3.28. The Bertz CT molecular complexity index is 1010. The lowest BCUT2D eigenvalue weighted by Gasteiger charge is -2.15. The molecule has 1 aliphatic rings. The second kappa shape index (κ2) is 7.75. The van der Waals surface area contributed by atoms with Gasteiger partial charge in [0.05, 0.1) is 17.5 Å². The number of carbonyl (C=O) groups excluding carboxylic acids is 2. The van der Waals surface area contributed by atoms with Crippen LogP contribution >= 0.6 is 0 Å². The van der Waals surface area contributed by atoms with Crippen molar-refractivity contribution in [2.45, 2.75) is 39.2 Å². The van der Waals surface area contributed by atoms with Crippen LogP contribution in [0.3, 0.4) is 0 Å². The molecule has 2 heterocycles. The summed E-state index contributed by atoms with van der Waals surface area (Å²) >= 11 is 0. The molecular weight excluding hydrogens is 380 g/mol. The molecule has 0 saturated carbocycles. The van der Waals surface area contributed by atoms with Crippen LogP contribution in [0.15, 0.2) is 30.3 Å². The van der Waals surface area contributed by atoms with Crippen molar-refractivity contribution in [3.05, 3.63) is 41.7 Å². The van der Waals surface area contributed by atoms with Gasteiger partial charge in [-0.05, 0) is 36.6 Å². The molecule has 8 nitrogen and oxygen atoms in total. The van der Waals surface area contributed by atoms with E-state index in [1.54, 1.807) is 35.0 Å². The lowest BCUT2D eigenvalue weighted by Crippen LogP contribution is -2.17. The van der Waals surface area contributed by atoms with E-state index < -0.39 is 9.84 Å². The molecule has 150 valence electrons. The molecule has 1 aromatic carbocycles. The lowest BCUT2D eigenvalue weighted by atomic mass is 10.1. The maximum absolute atomic E-state index is 12.7. The minimum atomic E-state index is -3.06. The third-order valence-corrected chi connectivity index (χ3v) is 6.33. The lowest BCUT2D eigenvalue weighted by molar-refractivity contribution is -0.114. The summed E-state index contributed by atoms with van der Waals surface area (Å²) in [5, 5.41) is 9.85. The van der Waals surface area contributed by atoms with E-state index in [0.29, 0.717) is 17.8 Å². The number of benzene rings is 1. The summed E-state index contributed by atoms with van der Waals surface area (Å²) in [6.45, 7) is 5.37. The first-order chi connectivity index (χ1) is 13.1. The van der Waals surface area contributed by atoms with Crippen molar-refractivity contribution < 1.29 is 18.0 Å². The summed E-state index contributed by atoms with van der Waals surface area (Å²) in [6.07, 6.45) is 0.504. The molecule has 0 bridgehead atoms. The molecule has 9 heteroatoms. The van der Waals surface area contributed by atoms with Crippen LogP contribution in [0.25, 0.3) is 0 Å². The fraction of sp³-hybridized carbons (Fsp3) is 0.421. The van der Waals surface area contributed by atoms with E-state index >= 15 is 0 Å². The van der Waals surface area contributed by atoms with Gasteiger partial charge in [0, 0.05) is 24.0 Å². The van der Waals surface area contributed by atoms with Crippen LogP contribution in [-0.2, 0) is 14.6 Å². The van der Waals surface area contributed by atoms with E-state index in [-0.39, 0.29) is 41.0 Å². The number of nitrogens with one attached hydrogen (secondary N) is 2. The van der Waals surface area contributed by atoms with Crippen molar-refractivity contribution in [3.8, 4) is 0 Å². The number of amides is 2. The first-order valence-electron chi connectivity index (χ1n) is 9.13. The highest BCUT2D eigenvalue weighted by atomic mass is 32.2. The highest BCUT2D eigenvalue weighted by Crippen LogP contribution is 2.28. The van der Waals surface area contributed by atoms with Gasteiger partial charge >= 0.3 is 0 Å². The van der Waals surface area contributed by atoms with E-state index in [1.807, 2.05) is 13.8 Å². The molecule has 2 aromatic rings. The second-order valence-electron chi connectivity index (χ2n) is 7.33. The average Bonchev–Trinajstić information content (AvgIpc) is 3.18.